The van der Waals surface area contributed by atoms with Gasteiger partial charge in [0.05, 0.1) is 0 Å². The van der Waals surface area contributed by atoms with Gasteiger partial charge in [0.2, 0.25) is 0 Å². The predicted molar refractivity (Wildman–Crippen MR) is 57.4 cm³/mol. The monoisotopic (exact) mass is 206 g/mol. The van der Waals surface area contributed by atoms with Crippen molar-refractivity contribution in [2.75, 3.05) is 13.1 Å². The molecule has 0 aromatic carbocycles. The third-order valence-corrected chi connectivity index (χ3v) is 3.88. The Balaban J connectivity index is 1.67. The van der Waals surface area contributed by atoms with Gasteiger partial charge in [0.25, 0.3) is 0 Å². The van der Waals surface area contributed by atoms with Crippen molar-refractivity contribution in [2.45, 2.75) is 32.4 Å². The van der Waals surface area contributed by atoms with Crippen LogP contribution in [-0.4, -0.2) is 38.3 Å². The molecule has 1 saturated carbocycles. The maximum atomic E-state index is 3.88. The summed E-state index contributed by atoms with van der Waals surface area (Å²) in [5, 5.41) is 7.76. The highest BCUT2D eigenvalue weighted by Crippen LogP contribution is 2.56. The Kier molecular flexibility index (Phi) is 1.75. The van der Waals surface area contributed by atoms with Crippen molar-refractivity contribution in [3.63, 3.8) is 0 Å². The first-order valence-electron chi connectivity index (χ1n) is 5.66. The Hall–Kier alpha value is -0.900. The molecule has 4 nitrogen and oxygen atoms in total. The second-order valence-corrected chi connectivity index (χ2v) is 5.80. The number of piperidine rings is 1. The van der Waals surface area contributed by atoms with E-state index < -0.39 is 0 Å². The van der Waals surface area contributed by atoms with Crippen LogP contribution in [0.1, 0.15) is 26.8 Å². The van der Waals surface area contributed by atoms with Crippen molar-refractivity contribution in [3.05, 3.63) is 12.7 Å². The van der Waals surface area contributed by atoms with Crippen LogP contribution >= 0.6 is 0 Å². The fourth-order valence-electron chi connectivity index (χ4n) is 2.85. The van der Waals surface area contributed by atoms with Crippen LogP contribution in [0.2, 0.25) is 0 Å². The molecule has 3 rings (SSSR count). The molecule has 0 bridgehead atoms. The van der Waals surface area contributed by atoms with Crippen molar-refractivity contribution in [2.24, 2.45) is 11.8 Å². The normalized spacial score (nSPS) is 35.5. The number of rotatable bonds is 1. The first kappa shape index (κ1) is 9.33. The summed E-state index contributed by atoms with van der Waals surface area (Å²) >= 11 is 0. The second-order valence-electron chi connectivity index (χ2n) is 5.80. The number of fused-ring (bicyclic) bond motifs is 1. The summed E-state index contributed by atoms with van der Waals surface area (Å²) in [7, 11) is 0. The summed E-state index contributed by atoms with van der Waals surface area (Å²) < 4.78 is 2.18. The maximum absolute atomic E-state index is 3.88. The van der Waals surface area contributed by atoms with Gasteiger partial charge < -0.3 is 4.57 Å². The standard InChI is InChI=1S/C11H18N4/c1-11(2,3)15-4-8-9(5-15)10(8)14-6-12-13-7-14/h6-10H,4-5H2,1-3H3. The van der Waals surface area contributed by atoms with Crippen LogP contribution in [-0.2, 0) is 0 Å². The summed E-state index contributed by atoms with van der Waals surface area (Å²) in [5.41, 5.74) is 0.325. The molecule has 0 radical (unpaired) electrons. The lowest BCUT2D eigenvalue weighted by Gasteiger charge is -2.33. The zero-order valence-electron chi connectivity index (χ0n) is 9.59. The average molecular weight is 206 g/mol. The van der Waals surface area contributed by atoms with Crippen molar-refractivity contribution < 1.29 is 0 Å². The van der Waals surface area contributed by atoms with Crippen molar-refractivity contribution in [3.8, 4) is 0 Å². The highest BCUT2D eigenvalue weighted by atomic mass is 15.3. The van der Waals surface area contributed by atoms with Crippen LogP contribution in [0.15, 0.2) is 12.7 Å². The highest BCUT2D eigenvalue weighted by Gasteiger charge is 2.58. The molecular weight excluding hydrogens is 188 g/mol. The van der Waals surface area contributed by atoms with Gasteiger partial charge in [-0.2, -0.15) is 0 Å². The molecule has 2 heterocycles. The highest BCUT2D eigenvalue weighted by molar-refractivity contribution is 5.10. The molecule has 2 aliphatic rings. The predicted octanol–water partition coefficient (Wildman–Crippen LogP) is 1.18. The van der Waals surface area contributed by atoms with Crippen LogP contribution in [0.25, 0.3) is 0 Å². The zero-order chi connectivity index (χ0) is 10.6. The Morgan fingerprint density at radius 3 is 2.07 bits per heavy atom. The summed E-state index contributed by atoms with van der Waals surface area (Å²) in [6.45, 7) is 9.36. The lowest BCUT2D eigenvalue weighted by Crippen LogP contribution is -2.41. The lowest BCUT2D eigenvalue weighted by atomic mass is 10.1. The van der Waals surface area contributed by atoms with Crippen molar-refractivity contribution in [1.29, 1.82) is 0 Å². The molecule has 2 unspecified atom stereocenters. The second kappa shape index (κ2) is 2.82. The fourth-order valence-corrected chi connectivity index (χ4v) is 2.85. The van der Waals surface area contributed by atoms with Gasteiger partial charge >= 0.3 is 0 Å². The van der Waals surface area contributed by atoms with Gasteiger partial charge in [-0.15, -0.1) is 10.2 Å². The van der Waals surface area contributed by atoms with Gasteiger partial charge in [0, 0.05) is 24.7 Å². The Morgan fingerprint density at radius 1 is 1.07 bits per heavy atom. The first-order valence-corrected chi connectivity index (χ1v) is 5.66. The quantitative estimate of drug-likeness (QED) is 0.692. The number of hydrogen-bond donors (Lipinski definition) is 0. The van der Waals surface area contributed by atoms with Crippen LogP contribution in [0.4, 0.5) is 0 Å². The Labute approximate surface area is 90.3 Å². The van der Waals surface area contributed by atoms with E-state index in [1.165, 1.54) is 13.1 Å². The number of hydrogen-bond acceptors (Lipinski definition) is 3. The van der Waals surface area contributed by atoms with E-state index >= 15 is 0 Å². The minimum Gasteiger partial charge on any atom is -0.316 e. The Morgan fingerprint density at radius 2 is 1.60 bits per heavy atom. The molecule has 82 valence electrons. The maximum Gasteiger partial charge on any atom is 0.119 e. The Bertz CT molecular complexity index is 339. The summed E-state index contributed by atoms with van der Waals surface area (Å²) in [6, 6.07) is 0.679. The van der Waals surface area contributed by atoms with Gasteiger partial charge in [-0.3, -0.25) is 4.90 Å². The van der Waals surface area contributed by atoms with E-state index in [9.17, 15) is 0 Å². The molecule has 1 aromatic heterocycles. The number of nitrogens with zero attached hydrogens (tertiary/aromatic N) is 4. The van der Waals surface area contributed by atoms with Crippen molar-refractivity contribution in [1.82, 2.24) is 19.7 Å². The first-order chi connectivity index (χ1) is 7.07. The van der Waals surface area contributed by atoms with Crippen molar-refractivity contribution >= 4 is 0 Å². The van der Waals surface area contributed by atoms with E-state index in [1.807, 2.05) is 12.7 Å². The van der Waals surface area contributed by atoms with E-state index in [4.69, 9.17) is 0 Å². The molecule has 4 heteroatoms. The molecule has 15 heavy (non-hydrogen) atoms. The summed E-state index contributed by atoms with van der Waals surface area (Å²) in [4.78, 5) is 2.59. The van der Waals surface area contributed by atoms with Gasteiger partial charge in [-0.1, -0.05) is 0 Å². The molecule has 0 spiro atoms. The van der Waals surface area contributed by atoms with Gasteiger partial charge in [0.1, 0.15) is 12.7 Å². The molecule has 0 amide bonds. The zero-order valence-corrected chi connectivity index (χ0v) is 9.59. The third kappa shape index (κ3) is 1.39. The number of likely N-dealkylation sites (tertiary alicyclic amines) is 1. The minimum atomic E-state index is 0.325. The largest absolute Gasteiger partial charge is 0.316 e. The van der Waals surface area contributed by atoms with E-state index in [0.717, 1.165) is 11.8 Å². The van der Waals surface area contributed by atoms with E-state index in [1.54, 1.807) is 0 Å². The SMILES string of the molecule is CC(C)(C)N1CC2C(C1)C2n1cnnc1. The molecule has 1 saturated heterocycles. The van der Waals surface area contributed by atoms with Crippen LogP contribution < -0.4 is 0 Å². The smallest absolute Gasteiger partial charge is 0.119 e. The van der Waals surface area contributed by atoms with Gasteiger partial charge in [0.15, 0.2) is 0 Å². The van der Waals surface area contributed by atoms with Crippen LogP contribution in [0, 0.1) is 11.8 Å². The average Bonchev–Trinajstić information content (AvgIpc) is 2.63. The van der Waals surface area contributed by atoms with Gasteiger partial charge in [-0.05, 0) is 32.6 Å². The third-order valence-electron chi connectivity index (χ3n) is 3.88. The molecule has 1 aromatic rings. The van der Waals surface area contributed by atoms with Gasteiger partial charge in [-0.25, -0.2) is 0 Å². The summed E-state index contributed by atoms with van der Waals surface area (Å²) in [5.74, 6) is 1.67. The molecule has 2 atom stereocenters. The molecule has 0 N–H and O–H groups in total. The fraction of sp³-hybridized carbons (Fsp3) is 0.818. The topological polar surface area (TPSA) is 34.0 Å². The number of aromatic nitrogens is 3. The molecular formula is C11H18N4. The minimum absolute atomic E-state index is 0.325. The molecule has 1 aliphatic carbocycles. The van der Waals surface area contributed by atoms with E-state index in [2.05, 4.69) is 40.4 Å². The van der Waals surface area contributed by atoms with Crippen LogP contribution in [0.5, 0.6) is 0 Å². The molecule has 2 fully saturated rings. The molecule has 1 aliphatic heterocycles. The van der Waals surface area contributed by atoms with E-state index in [0.29, 0.717) is 11.6 Å². The lowest BCUT2D eigenvalue weighted by molar-refractivity contribution is 0.147. The van der Waals surface area contributed by atoms with Crippen LogP contribution in [0.3, 0.4) is 0 Å². The summed E-state index contributed by atoms with van der Waals surface area (Å²) in [6.07, 6.45) is 3.70. The van der Waals surface area contributed by atoms with E-state index in [-0.39, 0.29) is 0 Å².